The van der Waals surface area contributed by atoms with Gasteiger partial charge >= 0.3 is 0 Å². The predicted octanol–water partition coefficient (Wildman–Crippen LogP) is 1.75. The highest BCUT2D eigenvalue weighted by Crippen LogP contribution is 2.25. The Hall–Kier alpha value is -2.21. The number of hydrogen-bond donors (Lipinski definition) is 2. The Labute approximate surface area is 116 Å². The molecule has 4 heterocycles. The Bertz CT molecular complexity index is 689. The van der Waals surface area contributed by atoms with Crippen molar-refractivity contribution in [3.63, 3.8) is 0 Å². The van der Waals surface area contributed by atoms with Crippen molar-refractivity contribution in [1.29, 1.82) is 0 Å². The van der Waals surface area contributed by atoms with Crippen LogP contribution >= 0.6 is 0 Å². The van der Waals surface area contributed by atoms with Crippen molar-refractivity contribution in [3.05, 3.63) is 31.0 Å². The summed E-state index contributed by atoms with van der Waals surface area (Å²) < 4.78 is 2.09. The van der Waals surface area contributed by atoms with E-state index in [2.05, 4.69) is 42.3 Å². The number of fused-ring (bicyclic) bond motifs is 1. The van der Waals surface area contributed by atoms with E-state index in [1.165, 1.54) is 0 Å². The Kier molecular flexibility index (Phi) is 2.74. The minimum absolute atomic E-state index is 0.508. The Morgan fingerprint density at radius 1 is 1.20 bits per heavy atom. The molecule has 3 aromatic rings. The fraction of sp³-hybridized carbons (Fsp3) is 0.357. The standard InChI is InChI=1S/C14H16N6/c1-3-15-4-2-12(1)20-8-11(7-18-20)13-5-10-6-16-9-17-14(10)19-13/h5-9,12,15H,1-4H2,(H,16,17,19). The molecule has 0 amide bonds. The Morgan fingerprint density at radius 3 is 2.95 bits per heavy atom. The third kappa shape index (κ3) is 1.98. The van der Waals surface area contributed by atoms with E-state index in [9.17, 15) is 0 Å². The van der Waals surface area contributed by atoms with Crippen LogP contribution in [0, 0.1) is 0 Å². The topological polar surface area (TPSA) is 71.4 Å². The van der Waals surface area contributed by atoms with Crippen molar-refractivity contribution in [2.24, 2.45) is 0 Å². The van der Waals surface area contributed by atoms with Crippen LogP contribution in [0.3, 0.4) is 0 Å². The molecule has 4 rings (SSSR count). The maximum atomic E-state index is 4.52. The average molecular weight is 268 g/mol. The number of hydrogen-bond acceptors (Lipinski definition) is 4. The summed E-state index contributed by atoms with van der Waals surface area (Å²) in [6.45, 7) is 2.14. The van der Waals surface area contributed by atoms with E-state index in [-0.39, 0.29) is 0 Å². The van der Waals surface area contributed by atoms with Crippen LogP contribution in [-0.2, 0) is 0 Å². The largest absolute Gasteiger partial charge is 0.339 e. The van der Waals surface area contributed by atoms with Gasteiger partial charge < -0.3 is 10.3 Å². The van der Waals surface area contributed by atoms with Gasteiger partial charge in [0.2, 0.25) is 0 Å². The lowest BCUT2D eigenvalue weighted by Gasteiger charge is -2.22. The summed E-state index contributed by atoms with van der Waals surface area (Å²) in [6.07, 6.45) is 9.69. The quantitative estimate of drug-likeness (QED) is 0.742. The molecule has 3 aromatic heterocycles. The van der Waals surface area contributed by atoms with Crippen molar-refractivity contribution < 1.29 is 0 Å². The molecule has 0 atom stereocenters. The van der Waals surface area contributed by atoms with Gasteiger partial charge in [-0.25, -0.2) is 9.97 Å². The first-order valence-electron chi connectivity index (χ1n) is 6.94. The molecule has 0 aliphatic carbocycles. The summed E-state index contributed by atoms with van der Waals surface area (Å²) in [6, 6.07) is 2.58. The molecule has 0 radical (unpaired) electrons. The van der Waals surface area contributed by atoms with Crippen LogP contribution in [-0.4, -0.2) is 37.8 Å². The van der Waals surface area contributed by atoms with E-state index in [0.29, 0.717) is 6.04 Å². The minimum atomic E-state index is 0.508. The second-order valence-electron chi connectivity index (χ2n) is 5.20. The van der Waals surface area contributed by atoms with Crippen LogP contribution in [0.4, 0.5) is 0 Å². The molecule has 1 aliphatic heterocycles. The fourth-order valence-electron chi connectivity index (χ4n) is 2.77. The lowest BCUT2D eigenvalue weighted by molar-refractivity contribution is 0.343. The van der Waals surface area contributed by atoms with E-state index in [0.717, 1.165) is 48.2 Å². The van der Waals surface area contributed by atoms with E-state index in [1.807, 2.05) is 12.4 Å². The number of aromatic amines is 1. The molecular weight excluding hydrogens is 252 g/mol. The summed E-state index contributed by atoms with van der Waals surface area (Å²) >= 11 is 0. The van der Waals surface area contributed by atoms with Crippen molar-refractivity contribution in [1.82, 2.24) is 30.0 Å². The number of H-pyrrole nitrogens is 1. The van der Waals surface area contributed by atoms with Crippen LogP contribution < -0.4 is 5.32 Å². The summed E-state index contributed by atoms with van der Waals surface area (Å²) in [7, 11) is 0. The molecule has 0 aromatic carbocycles. The molecule has 0 unspecified atom stereocenters. The van der Waals surface area contributed by atoms with Crippen LogP contribution in [0.25, 0.3) is 22.3 Å². The number of nitrogens with one attached hydrogen (secondary N) is 2. The number of piperidine rings is 1. The molecule has 20 heavy (non-hydrogen) atoms. The molecule has 0 saturated carbocycles. The summed E-state index contributed by atoms with van der Waals surface area (Å²) in [5.74, 6) is 0. The highest BCUT2D eigenvalue weighted by Gasteiger charge is 2.16. The molecule has 0 bridgehead atoms. The van der Waals surface area contributed by atoms with Gasteiger partial charge in [-0.2, -0.15) is 5.10 Å². The lowest BCUT2D eigenvalue weighted by Crippen LogP contribution is -2.29. The number of aromatic nitrogens is 5. The molecule has 6 nitrogen and oxygen atoms in total. The fourth-order valence-corrected chi connectivity index (χ4v) is 2.77. The van der Waals surface area contributed by atoms with Gasteiger partial charge in [-0.1, -0.05) is 0 Å². The second kappa shape index (κ2) is 4.72. The number of nitrogens with zero attached hydrogens (tertiary/aromatic N) is 4. The lowest BCUT2D eigenvalue weighted by atomic mass is 10.1. The minimum Gasteiger partial charge on any atom is -0.339 e. The average Bonchev–Trinajstić information content (AvgIpc) is 3.14. The molecule has 2 N–H and O–H groups in total. The molecule has 1 fully saturated rings. The molecule has 102 valence electrons. The van der Waals surface area contributed by atoms with Crippen LogP contribution in [0.15, 0.2) is 31.0 Å². The first-order chi connectivity index (χ1) is 9.90. The maximum absolute atomic E-state index is 4.52. The van der Waals surface area contributed by atoms with Crippen molar-refractivity contribution in [2.45, 2.75) is 18.9 Å². The van der Waals surface area contributed by atoms with Gasteiger partial charge in [0, 0.05) is 23.3 Å². The first-order valence-corrected chi connectivity index (χ1v) is 6.94. The van der Waals surface area contributed by atoms with Gasteiger partial charge in [-0.3, -0.25) is 4.68 Å². The molecule has 1 aliphatic rings. The normalized spacial score (nSPS) is 16.8. The van der Waals surface area contributed by atoms with Crippen LogP contribution in [0.5, 0.6) is 0 Å². The third-order valence-corrected chi connectivity index (χ3v) is 3.89. The zero-order valence-electron chi connectivity index (χ0n) is 11.1. The van der Waals surface area contributed by atoms with Gasteiger partial charge in [0.1, 0.15) is 12.0 Å². The van der Waals surface area contributed by atoms with E-state index < -0.39 is 0 Å². The zero-order valence-corrected chi connectivity index (χ0v) is 11.1. The van der Waals surface area contributed by atoms with E-state index >= 15 is 0 Å². The summed E-state index contributed by atoms with van der Waals surface area (Å²) in [4.78, 5) is 11.6. The van der Waals surface area contributed by atoms with Crippen molar-refractivity contribution >= 4 is 11.0 Å². The van der Waals surface area contributed by atoms with Gasteiger partial charge in [-0.05, 0) is 32.0 Å². The smallest absolute Gasteiger partial charge is 0.141 e. The van der Waals surface area contributed by atoms with Crippen LogP contribution in [0.2, 0.25) is 0 Å². The molecule has 6 heteroatoms. The number of rotatable bonds is 2. The predicted molar refractivity (Wildman–Crippen MR) is 76.3 cm³/mol. The van der Waals surface area contributed by atoms with Gasteiger partial charge in [0.05, 0.1) is 17.9 Å². The Balaban J connectivity index is 1.66. The van der Waals surface area contributed by atoms with E-state index in [4.69, 9.17) is 0 Å². The summed E-state index contributed by atoms with van der Waals surface area (Å²) in [5.41, 5.74) is 3.01. The highest BCUT2D eigenvalue weighted by atomic mass is 15.3. The van der Waals surface area contributed by atoms with E-state index in [1.54, 1.807) is 6.33 Å². The maximum Gasteiger partial charge on any atom is 0.141 e. The second-order valence-corrected chi connectivity index (χ2v) is 5.20. The zero-order chi connectivity index (χ0) is 13.4. The molecule has 0 spiro atoms. The SMILES string of the molecule is c1ncc2cc(-c3cnn(C4CCNCC4)c3)[nH]c2n1. The van der Waals surface area contributed by atoms with Gasteiger partial charge in [0.15, 0.2) is 0 Å². The monoisotopic (exact) mass is 268 g/mol. The first kappa shape index (κ1) is 11.6. The Morgan fingerprint density at radius 2 is 2.10 bits per heavy atom. The van der Waals surface area contributed by atoms with Gasteiger partial charge in [-0.15, -0.1) is 0 Å². The highest BCUT2D eigenvalue weighted by molar-refractivity contribution is 5.81. The molecular formula is C14H16N6. The summed E-state index contributed by atoms with van der Waals surface area (Å²) in [5, 5.41) is 8.92. The van der Waals surface area contributed by atoms with Gasteiger partial charge in [0.25, 0.3) is 0 Å². The molecule has 1 saturated heterocycles. The van der Waals surface area contributed by atoms with Crippen LogP contribution in [0.1, 0.15) is 18.9 Å². The third-order valence-electron chi connectivity index (χ3n) is 3.89. The van der Waals surface area contributed by atoms with Crippen molar-refractivity contribution in [2.75, 3.05) is 13.1 Å². The van der Waals surface area contributed by atoms with Crippen molar-refractivity contribution in [3.8, 4) is 11.3 Å².